The number of methoxy groups -OCH3 is 1. The predicted molar refractivity (Wildman–Crippen MR) is 106 cm³/mol. The van der Waals surface area contributed by atoms with E-state index in [9.17, 15) is 13.2 Å². The summed E-state index contributed by atoms with van der Waals surface area (Å²) in [7, 11) is -1.85. The van der Waals surface area contributed by atoms with E-state index < -0.39 is 10.0 Å². The number of rotatable bonds is 10. The number of nitrogens with one attached hydrogen (secondary N) is 1. The van der Waals surface area contributed by atoms with E-state index in [0.29, 0.717) is 6.54 Å². The smallest absolute Gasteiger partial charge is 0.235 e. The number of hydrogen-bond donors (Lipinski definition) is 1. The molecule has 7 heteroatoms. The van der Waals surface area contributed by atoms with Crippen molar-refractivity contribution in [2.24, 2.45) is 0 Å². The molecule has 0 aliphatic rings. The summed E-state index contributed by atoms with van der Waals surface area (Å²) in [5.41, 5.74) is 1.97. The van der Waals surface area contributed by atoms with Crippen LogP contribution in [-0.2, 0) is 27.8 Å². The Labute approximate surface area is 161 Å². The molecule has 1 N–H and O–H groups in total. The summed E-state index contributed by atoms with van der Waals surface area (Å²) in [6, 6.07) is 17.0. The number of ether oxygens (including phenoxy) is 1. The van der Waals surface area contributed by atoms with Gasteiger partial charge in [0.1, 0.15) is 5.75 Å². The van der Waals surface area contributed by atoms with Crippen molar-refractivity contribution >= 4 is 15.9 Å². The molecule has 146 valence electrons. The number of hydrogen-bond acceptors (Lipinski definition) is 4. The standard InChI is InChI=1S/C20H26N2O4S/c1-26-19-12-6-10-17(14-19)11-7-13-21-20(23)16-22(27(2,24)25)15-18-8-4-3-5-9-18/h3-6,8-10,12,14H,7,11,13,15-16H2,1-2H3,(H,21,23). The molecule has 0 unspecified atom stereocenters. The van der Waals surface area contributed by atoms with Crippen molar-refractivity contribution in [2.75, 3.05) is 26.5 Å². The molecule has 0 radical (unpaired) electrons. The van der Waals surface area contributed by atoms with Crippen LogP contribution in [0.4, 0.5) is 0 Å². The van der Waals surface area contributed by atoms with E-state index in [1.54, 1.807) is 7.11 Å². The van der Waals surface area contributed by atoms with Crippen molar-refractivity contribution < 1.29 is 17.9 Å². The number of nitrogens with zero attached hydrogens (tertiary/aromatic N) is 1. The van der Waals surface area contributed by atoms with E-state index >= 15 is 0 Å². The van der Waals surface area contributed by atoms with Gasteiger partial charge in [0, 0.05) is 13.1 Å². The van der Waals surface area contributed by atoms with Crippen LogP contribution >= 0.6 is 0 Å². The van der Waals surface area contributed by atoms with Crippen molar-refractivity contribution in [2.45, 2.75) is 19.4 Å². The molecule has 0 saturated heterocycles. The Hall–Kier alpha value is -2.38. The van der Waals surface area contributed by atoms with Crippen LogP contribution in [0.1, 0.15) is 17.5 Å². The van der Waals surface area contributed by atoms with Gasteiger partial charge in [-0.2, -0.15) is 4.31 Å². The fourth-order valence-corrected chi connectivity index (χ4v) is 3.38. The molecule has 0 spiro atoms. The Morgan fingerprint density at radius 1 is 1.07 bits per heavy atom. The maximum absolute atomic E-state index is 12.2. The first-order chi connectivity index (χ1) is 12.9. The lowest BCUT2D eigenvalue weighted by Crippen LogP contribution is -2.40. The predicted octanol–water partition coefficient (Wildman–Crippen LogP) is 2.21. The molecule has 0 aliphatic heterocycles. The average molecular weight is 391 g/mol. The minimum atomic E-state index is -3.48. The van der Waals surface area contributed by atoms with Gasteiger partial charge in [0.05, 0.1) is 19.9 Å². The second-order valence-corrected chi connectivity index (χ2v) is 8.30. The van der Waals surface area contributed by atoms with E-state index in [1.165, 1.54) is 4.31 Å². The van der Waals surface area contributed by atoms with Crippen LogP contribution in [0, 0.1) is 0 Å². The van der Waals surface area contributed by atoms with Crippen LogP contribution in [0.3, 0.4) is 0 Å². The summed E-state index contributed by atoms with van der Waals surface area (Å²) >= 11 is 0. The third-order valence-electron chi connectivity index (χ3n) is 4.09. The molecule has 2 rings (SSSR count). The lowest BCUT2D eigenvalue weighted by Gasteiger charge is -2.19. The highest BCUT2D eigenvalue weighted by molar-refractivity contribution is 7.88. The molecule has 1 amide bonds. The lowest BCUT2D eigenvalue weighted by molar-refractivity contribution is -0.121. The molecule has 2 aromatic carbocycles. The van der Waals surface area contributed by atoms with Gasteiger partial charge < -0.3 is 10.1 Å². The number of aryl methyl sites for hydroxylation is 1. The fourth-order valence-electron chi connectivity index (χ4n) is 2.64. The molecule has 0 aliphatic carbocycles. The van der Waals surface area contributed by atoms with Gasteiger partial charge in [-0.1, -0.05) is 42.5 Å². The van der Waals surface area contributed by atoms with Gasteiger partial charge in [0.25, 0.3) is 0 Å². The van der Waals surface area contributed by atoms with Crippen molar-refractivity contribution in [3.8, 4) is 5.75 Å². The SMILES string of the molecule is COc1cccc(CCCNC(=O)CN(Cc2ccccc2)S(C)(=O)=O)c1. The third kappa shape index (κ3) is 7.40. The Morgan fingerprint density at radius 2 is 1.78 bits per heavy atom. The average Bonchev–Trinajstić information content (AvgIpc) is 2.65. The molecule has 0 aromatic heterocycles. The van der Waals surface area contributed by atoms with Gasteiger partial charge in [-0.05, 0) is 36.1 Å². The van der Waals surface area contributed by atoms with Crippen molar-refractivity contribution in [1.82, 2.24) is 9.62 Å². The highest BCUT2D eigenvalue weighted by atomic mass is 32.2. The maximum atomic E-state index is 12.2. The zero-order valence-electron chi connectivity index (χ0n) is 15.7. The van der Waals surface area contributed by atoms with Crippen LogP contribution < -0.4 is 10.1 Å². The second-order valence-electron chi connectivity index (χ2n) is 6.32. The first-order valence-electron chi connectivity index (χ1n) is 8.77. The van der Waals surface area contributed by atoms with E-state index in [4.69, 9.17) is 4.74 Å². The summed E-state index contributed by atoms with van der Waals surface area (Å²) in [6.45, 7) is 0.475. The van der Waals surface area contributed by atoms with E-state index in [1.807, 2.05) is 54.6 Å². The Morgan fingerprint density at radius 3 is 2.44 bits per heavy atom. The van der Waals surface area contributed by atoms with E-state index in [0.717, 1.165) is 36.0 Å². The van der Waals surface area contributed by atoms with Crippen LogP contribution in [0.25, 0.3) is 0 Å². The minimum absolute atomic E-state index is 0.177. The number of sulfonamides is 1. The minimum Gasteiger partial charge on any atom is -0.497 e. The zero-order chi connectivity index (χ0) is 19.7. The molecule has 27 heavy (non-hydrogen) atoms. The monoisotopic (exact) mass is 390 g/mol. The summed E-state index contributed by atoms with van der Waals surface area (Å²) < 4.78 is 30.3. The Balaban J connectivity index is 1.81. The fraction of sp³-hybridized carbons (Fsp3) is 0.350. The molecule has 0 fully saturated rings. The molecule has 2 aromatic rings. The van der Waals surface area contributed by atoms with E-state index in [-0.39, 0.29) is 19.0 Å². The summed E-state index contributed by atoms with van der Waals surface area (Å²) in [6.07, 6.45) is 2.68. The molecule has 0 atom stereocenters. The highest BCUT2D eigenvalue weighted by Crippen LogP contribution is 2.13. The van der Waals surface area contributed by atoms with Gasteiger partial charge in [-0.15, -0.1) is 0 Å². The normalized spacial score (nSPS) is 11.4. The number of carbonyl (C=O) groups is 1. The van der Waals surface area contributed by atoms with Gasteiger partial charge in [-0.25, -0.2) is 8.42 Å². The molecule has 0 heterocycles. The Bertz CT molecular complexity index is 838. The van der Waals surface area contributed by atoms with Crippen LogP contribution in [0.2, 0.25) is 0 Å². The number of amides is 1. The second kappa shape index (κ2) is 10.1. The van der Waals surface area contributed by atoms with E-state index in [2.05, 4.69) is 5.32 Å². The molecule has 0 saturated carbocycles. The number of carbonyl (C=O) groups excluding carboxylic acids is 1. The number of benzene rings is 2. The van der Waals surface area contributed by atoms with Crippen LogP contribution in [-0.4, -0.2) is 45.1 Å². The first kappa shape index (κ1) is 20.9. The maximum Gasteiger partial charge on any atom is 0.235 e. The topological polar surface area (TPSA) is 75.7 Å². The quantitative estimate of drug-likeness (QED) is 0.631. The Kier molecular flexibility index (Phi) is 7.82. The molecule has 6 nitrogen and oxygen atoms in total. The highest BCUT2D eigenvalue weighted by Gasteiger charge is 2.20. The van der Waals surface area contributed by atoms with Crippen LogP contribution in [0.15, 0.2) is 54.6 Å². The van der Waals surface area contributed by atoms with Crippen molar-refractivity contribution in [3.05, 3.63) is 65.7 Å². The van der Waals surface area contributed by atoms with Gasteiger partial charge in [-0.3, -0.25) is 4.79 Å². The summed E-state index contributed by atoms with van der Waals surface area (Å²) in [5.74, 6) is 0.503. The molecular formula is C20H26N2O4S. The zero-order valence-corrected chi connectivity index (χ0v) is 16.5. The van der Waals surface area contributed by atoms with Crippen molar-refractivity contribution in [3.63, 3.8) is 0 Å². The van der Waals surface area contributed by atoms with Crippen LogP contribution in [0.5, 0.6) is 5.75 Å². The largest absolute Gasteiger partial charge is 0.497 e. The summed E-state index contributed by atoms with van der Waals surface area (Å²) in [4.78, 5) is 12.2. The van der Waals surface area contributed by atoms with Gasteiger partial charge >= 0.3 is 0 Å². The lowest BCUT2D eigenvalue weighted by atomic mass is 10.1. The first-order valence-corrected chi connectivity index (χ1v) is 10.6. The van der Waals surface area contributed by atoms with Gasteiger partial charge in [0.2, 0.25) is 15.9 Å². The third-order valence-corrected chi connectivity index (χ3v) is 5.29. The molecule has 0 bridgehead atoms. The molecular weight excluding hydrogens is 364 g/mol. The van der Waals surface area contributed by atoms with Gasteiger partial charge in [0.15, 0.2) is 0 Å². The summed E-state index contributed by atoms with van der Waals surface area (Å²) in [5, 5.41) is 2.79. The van der Waals surface area contributed by atoms with Crippen molar-refractivity contribution in [1.29, 1.82) is 0 Å².